The normalized spacial score (nSPS) is 16.5. The van der Waals surface area contributed by atoms with Gasteiger partial charge < -0.3 is 15.0 Å². The van der Waals surface area contributed by atoms with Crippen molar-refractivity contribution >= 4 is 27.5 Å². The number of hydrogen-bond acceptors (Lipinski definition) is 8. The number of aryl methyl sites for hydroxylation is 1. The molecule has 1 saturated heterocycles. The van der Waals surface area contributed by atoms with Crippen LogP contribution in [0.2, 0.25) is 0 Å². The third kappa shape index (κ3) is 4.11. The summed E-state index contributed by atoms with van der Waals surface area (Å²) in [5.41, 5.74) is 1.87. The molecule has 1 fully saturated rings. The lowest BCUT2D eigenvalue weighted by molar-refractivity contribution is 0.356. The second-order valence-corrected chi connectivity index (χ2v) is 9.76. The van der Waals surface area contributed by atoms with Gasteiger partial charge in [0.25, 0.3) is 0 Å². The Morgan fingerprint density at radius 1 is 0.969 bits per heavy atom. The van der Waals surface area contributed by atoms with Gasteiger partial charge in [-0.3, -0.25) is 0 Å². The zero-order valence-electron chi connectivity index (χ0n) is 17.7. The lowest BCUT2D eigenvalue weighted by Gasteiger charge is -2.34. The highest BCUT2D eigenvalue weighted by atomic mass is 32.2. The molecule has 0 saturated carbocycles. The maximum atomic E-state index is 13.1. The number of benzene rings is 1. The minimum absolute atomic E-state index is 0.329. The van der Waals surface area contributed by atoms with Crippen LogP contribution >= 0.6 is 0 Å². The first-order valence-electron chi connectivity index (χ1n) is 10.5. The van der Waals surface area contributed by atoms with E-state index in [1.165, 1.54) is 4.31 Å². The second kappa shape index (κ2) is 8.36. The zero-order chi connectivity index (χ0) is 22.1. The van der Waals surface area contributed by atoms with Crippen molar-refractivity contribution in [3.63, 3.8) is 0 Å². The van der Waals surface area contributed by atoms with Gasteiger partial charge in [-0.05, 0) is 55.0 Å². The molecule has 2 aromatic heterocycles. The van der Waals surface area contributed by atoms with Gasteiger partial charge >= 0.3 is 0 Å². The number of aromatic nitrogens is 3. The smallest absolute Gasteiger partial charge is 0.243 e. The molecule has 166 valence electrons. The molecular weight excluding hydrogens is 428 g/mol. The van der Waals surface area contributed by atoms with Gasteiger partial charge in [0.15, 0.2) is 11.6 Å². The van der Waals surface area contributed by atoms with Crippen molar-refractivity contribution in [2.24, 2.45) is 0 Å². The Morgan fingerprint density at radius 2 is 1.81 bits per heavy atom. The van der Waals surface area contributed by atoms with Crippen LogP contribution in [0.4, 0.5) is 17.5 Å². The molecule has 32 heavy (non-hydrogen) atoms. The van der Waals surface area contributed by atoms with E-state index in [-0.39, 0.29) is 0 Å². The number of anilines is 3. The van der Waals surface area contributed by atoms with E-state index in [2.05, 4.69) is 20.5 Å². The van der Waals surface area contributed by atoms with Gasteiger partial charge in [-0.2, -0.15) is 4.31 Å². The van der Waals surface area contributed by atoms with Gasteiger partial charge in [-0.1, -0.05) is 6.07 Å². The molecule has 0 aliphatic carbocycles. The zero-order valence-corrected chi connectivity index (χ0v) is 18.5. The van der Waals surface area contributed by atoms with Crippen molar-refractivity contribution in [2.75, 3.05) is 43.0 Å². The van der Waals surface area contributed by atoms with Crippen LogP contribution in [-0.2, 0) is 16.4 Å². The Kier molecular flexibility index (Phi) is 5.40. The fraction of sp³-hybridized carbons (Fsp3) is 0.318. The van der Waals surface area contributed by atoms with Gasteiger partial charge in [-0.25, -0.2) is 13.4 Å². The summed E-state index contributed by atoms with van der Waals surface area (Å²) in [6, 6.07) is 14.6. The molecule has 3 aromatic rings. The minimum atomic E-state index is -3.54. The SMILES string of the molecule is Cc1cccc(Nc2ccc(N3CCN(S(=O)(=O)c4ccc5c(c4)CCO5)CC3)nn2)n1. The minimum Gasteiger partial charge on any atom is -0.493 e. The molecule has 0 bridgehead atoms. The van der Waals surface area contributed by atoms with Gasteiger partial charge in [0.05, 0.1) is 11.5 Å². The average molecular weight is 453 g/mol. The first-order chi connectivity index (χ1) is 15.5. The topological polar surface area (TPSA) is 101 Å². The lowest BCUT2D eigenvalue weighted by atomic mass is 10.2. The molecule has 5 rings (SSSR count). The third-order valence-electron chi connectivity index (χ3n) is 5.66. The van der Waals surface area contributed by atoms with Gasteiger partial charge in [-0.15, -0.1) is 10.2 Å². The predicted molar refractivity (Wildman–Crippen MR) is 121 cm³/mol. The molecule has 2 aliphatic heterocycles. The number of hydrogen-bond donors (Lipinski definition) is 1. The Labute approximate surface area is 187 Å². The van der Waals surface area contributed by atoms with Crippen molar-refractivity contribution in [1.82, 2.24) is 19.5 Å². The first kappa shape index (κ1) is 20.7. The molecule has 1 aromatic carbocycles. The van der Waals surface area contributed by atoms with E-state index >= 15 is 0 Å². The average Bonchev–Trinajstić information content (AvgIpc) is 3.28. The number of ether oxygens (including phenoxy) is 1. The van der Waals surface area contributed by atoms with E-state index in [9.17, 15) is 8.42 Å². The number of piperazine rings is 1. The highest BCUT2D eigenvalue weighted by molar-refractivity contribution is 7.89. The van der Waals surface area contributed by atoms with E-state index in [0.29, 0.717) is 49.3 Å². The standard InChI is InChI=1S/C22H24N6O3S/c1-16-3-2-4-20(23-16)24-21-7-8-22(26-25-21)27-10-12-28(13-11-27)32(29,30)18-5-6-19-17(15-18)9-14-31-19/h2-8,15H,9-14H2,1H3,(H,23,24,25). The van der Waals surface area contributed by atoms with Crippen molar-refractivity contribution in [3.05, 3.63) is 59.8 Å². The van der Waals surface area contributed by atoms with Crippen LogP contribution in [0.1, 0.15) is 11.3 Å². The molecule has 0 atom stereocenters. The number of nitrogens with one attached hydrogen (secondary N) is 1. The van der Waals surface area contributed by atoms with Gasteiger partial charge in [0.1, 0.15) is 11.6 Å². The largest absolute Gasteiger partial charge is 0.493 e. The number of rotatable bonds is 5. The first-order valence-corrected chi connectivity index (χ1v) is 12.0. The maximum Gasteiger partial charge on any atom is 0.243 e. The maximum absolute atomic E-state index is 13.1. The molecule has 10 heteroatoms. The van der Waals surface area contributed by atoms with E-state index in [1.54, 1.807) is 18.2 Å². The Morgan fingerprint density at radius 3 is 2.56 bits per heavy atom. The van der Waals surface area contributed by atoms with Crippen LogP contribution in [-0.4, -0.2) is 60.7 Å². The summed E-state index contributed by atoms with van der Waals surface area (Å²) in [6.45, 7) is 4.42. The van der Waals surface area contributed by atoms with Crippen molar-refractivity contribution in [1.29, 1.82) is 0 Å². The number of pyridine rings is 1. The summed E-state index contributed by atoms with van der Waals surface area (Å²) in [7, 11) is -3.54. The Balaban J connectivity index is 1.22. The van der Waals surface area contributed by atoms with Crippen LogP contribution in [0.3, 0.4) is 0 Å². The highest BCUT2D eigenvalue weighted by Crippen LogP contribution is 2.29. The highest BCUT2D eigenvalue weighted by Gasteiger charge is 2.30. The van der Waals surface area contributed by atoms with Crippen LogP contribution in [0, 0.1) is 6.92 Å². The summed E-state index contributed by atoms with van der Waals surface area (Å²) >= 11 is 0. The van der Waals surface area contributed by atoms with E-state index in [4.69, 9.17) is 4.74 Å². The Hall–Kier alpha value is -3.24. The fourth-order valence-electron chi connectivity index (χ4n) is 3.93. The van der Waals surface area contributed by atoms with E-state index < -0.39 is 10.0 Å². The molecule has 0 radical (unpaired) electrons. The number of sulfonamides is 1. The van der Waals surface area contributed by atoms with E-state index in [1.807, 2.05) is 42.2 Å². The fourth-order valence-corrected chi connectivity index (χ4v) is 5.41. The van der Waals surface area contributed by atoms with Crippen molar-refractivity contribution < 1.29 is 13.2 Å². The third-order valence-corrected chi connectivity index (χ3v) is 7.55. The predicted octanol–water partition coefficient (Wildman–Crippen LogP) is 2.37. The molecular formula is C22H24N6O3S. The van der Waals surface area contributed by atoms with Crippen molar-refractivity contribution in [2.45, 2.75) is 18.2 Å². The van der Waals surface area contributed by atoms with Crippen LogP contribution in [0.15, 0.2) is 53.4 Å². The molecule has 4 heterocycles. The quantitative estimate of drug-likeness (QED) is 0.630. The summed E-state index contributed by atoms with van der Waals surface area (Å²) in [6.07, 6.45) is 0.746. The molecule has 9 nitrogen and oxygen atoms in total. The lowest BCUT2D eigenvalue weighted by Crippen LogP contribution is -2.49. The monoisotopic (exact) mass is 452 g/mol. The van der Waals surface area contributed by atoms with E-state index in [0.717, 1.165) is 29.2 Å². The number of fused-ring (bicyclic) bond motifs is 1. The molecule has 0 unspecified atom stereocenters. The van der Waals surface area contributed by atoms with Crippen molar-refractivity contribution in [3.8, 4) is 5.75 Å². The summed E-state index contributed by atoms with van der Waals surface area (Å²) in [5, 5.41) is 11.7. The summed E-state index contributed by atoms with van der Waals surface area (Å²) < 4.78 is 33.2. The van der Waals surface area contributed by atoms with Gasteiger partial charge in [0.2, 0.25) is 10.0 Å². The molecule has 2 aliphatic rings. The number of nitrogens with zero attached hydrogens (tertiary/aromatic N) is 5. The Bertz CT molecular complexity index is 1220. The van der Waals surface area contributed by atoms with Crippen LogP contribution in [0.5, 0.6) is 5.75 Å². The summed E-state index contributed by atoms with van der Waals surface area (Å²) in [5.74, 6) is 2.82. The second-order valence-electron chi connectivity index (χ2n) is 7.83. The van der Waals surface area contributed by atoms with Crippen LogP contribution < -0.4 is 15.0 Å². The van der Waals surface area contributed by atoms with Gasteiger partial charge in [0, 0.05) is 38.3 Å². The molecule has 0 spiro atoms. The molecule has 1 N–H and O–H groups in total. The molecule has 0 amide bonds. The summed E-state index contributed by atoms with van der Waals surface area (Å²) in [4.78, 5) is 6.77. The van der Waals surface area contributed by atoms with Crippen LogP contribution in [0.25, 0.3) is 0 Å².